The average molecular weight is 452 g/mol. The van der Waals surface area contributed by atoms with Gasteiger partial charge in [-0.2, -0.15) is 18.3 Å². The third kappa shape index (κ3) is 5.20. The summed E-state index contributed by atoms with van der Waals surface area (Å²) in [4.78, 5) is 2.25. The summed E-state index contributed by atoms with van der Waals surface area (Å²) in [5.41, 5.74) is 0.209. The Balaban J connectivity index is 1.60. The fourth-order valence-corrected chi connectivity index (χ4v) is 3.61. The van der Waals surface area contributed by atoms with Crippen molar-refractivity contribution in [1.82, 2.24) is 14.7 Å². The third-order valence-corrected chi connectivity index (χ3v) is 5.31. The van der Waals surface area contributed by atoms with Crippen LogP contribution in [-0.4, -0.2) is 54.1 Å². The maximum atomic E-state index is 13.4. The van der Waals surface area contributed by atoms with Gasteiger partial charge < -0.3 is 9.47 Å². The molecule has 0 atom stereocenters. The van der Waals surface area contributed by atoms with E-state index in [0.29, 0.717) is 41.8 Å². The molecule has 0 unspecified atom stereocenters. The molecule has 3 aromatic rings. The topological polar surface area (TPSA) is 39.5 Å². The van der Waals surface area contributed by atoms with Gasteiger partial charge in [0.15, 0.2) is 5.69 Å². The molecule has 0 N–H and O–H groups in total. The summed E-state index contributed by atoms with van der Waals surface area (Å²) in [6.07, 6.45) is -4.58. The van der Waals surface area contributed by atoms with E-state index in [1.165, 1.54) is 4.68 Å². The van der Waals surface area contributed by atoms with Crippen molar-refractivity contribution in [3.63, 3.8) is 0 Å². The van der Waals surface area contributed by atoms with Crippen LogP contribution >= 0.6 is 11.6 Å². The number of morpholine rings is 1. The lowest BCUT2D eigenvalue weighted by Crippen LogP contribution is -2.38. The SMILES string of the molecule is FC(F)(F)c1cc(-c2cccc(OCCN3CCOCC3)c2)n(-c2ccccc2Cl)n1. The number of halogens is 4. The van der Waals surface area contributed by atoms with Gasteiger partial charge in [-0.15, -0.1) is 0 Å². The van der Waals surface area contributed by atoms with E-state index >= 15 is 0 Å². The van der Waals surface area contributed by atoms with E-state index in [-0.39, 0.29) is 5.69 Å². The Kier molecular flexibility index (Phi) is 6.50. The Morgan fingerprint density at radius 3 is 2.55 bits per heavy atom. The number of para-hydroxylation sites is 1. The largest absolute Gasteiger partial charge is 0.492 e. The highest BCUT2D eigenvalue weighted by Gasteiger charge is 2.35. The second-order valence-electron chi connectivity index (χ2n) is 7.11. The van der Waals surface area contributed by atoms with Crippen LogP contribution < -0.4 is 4.74 Å². The molecule has 1 aromatic heterocycles. The summed E-state index contributed by atoms with van der Waals surface area (Å²) in [5.74, 6) is 0.575. The molecule has 9 heteroatoms. The number of ether oxygens (including phenoxy) is 2. The molecule has 1 fully saturated rings. The van der Waals surface area contributed by atoms with Gasteiger partial charge in [0.25, 0.3) is 0 Å². The predicted octanol–water partition coefficient (Wildman–Crippen LogP) is 4.92. The van der Waals surface area contributed by atoms with Crippen molar-refractivity contribution in [2.75, 3.05) is 39.5 Å². The summed E-state index contributed by atoms with van der Waals surface area (Å²) in [6.45, 7) is 4.37. The van der Waals surface area contributed by atoms with E-state index < -0.39 is 11.9 Å². The Labute approximate surface area is 182 Å². The Bertz CT molecular complexity index is 1030. The second-order valence-corrected chi connectivity index (χ2v) is 7.51. The average Bonchev–Trinajstić information content (AvgIpc) is 3.21. The van der Waals surface area contributed by atoms with Crippen LogP contribution in [0.4, 0.5) is 13.2 Å². The summed E-state index contributed by atoms with van der Waals surface area (Å²) in [6, 6.07) is 14.6. The Morgan fingerprint density at radius 1 is 1.03 bits per heavy atom. The van der Waals surface area contributed by atoms with E-state index in [1.807, 2.05) is 0 Å². The van der Waals surface area contributed by atoms with Crippen LogP contribution in [0.15, 0.2) is 54.6 Å². The maximum absolute atomic E-state index is 13.4. The highest BCUT2D eigenvalue weighted by molar-refractivity contribution is 6.32. The van der Waals surface area contributed by atoms with Gasteiger partial charge in [0.05, 0.1) is 29.6 Å². The number of aromatic nitrogens is 2. The molecule has 4 rings (SSSR count). The molecular formula is C22H21ClF3N3O2. The van der Waals surface area contributed by atoms with Crippen molar-refractivity contribution in [2.24, 2.45) is 0 Å². The van der Waals surface area contributed by atoms with Crippen LogP contribution in [0.25, 0.3) is 16.9 Å². The molecule has 0 radical (unpaired) electrons. The Hall–Kier alpha value is -2.55. The van der Waals surface area contributed by atoms with Crippen LogP contribution in [0.3, 0.4) is 0 Å². The molecule has 5 nitrogen and oxygen atoms in total. The van der Waals surface area contributed by atoms with E-state index in [4.69, 9.17) is 21.1 Å². The van der Waals surface area contributed by atoms with Crippen molar-refractivity contribution in [3.05, 3.63) is 65.3 Å². The molecule has 1 aliphatic heterocycles. The van der Waals surface area contributed by atoms with Gasteiger partial charge in [0, 0.05) is 25.2 Å². The zero-order valence-corrected chi connectivity index (χ0v) is 17.4. The van der Waals surface area contributed by atoms with Gasteiger partial charge in [-0.25, -0.2) is 4.68 Å². The maximum Gasteiger partial charge on any atom is 0.435 e. The zero-order chi connectivity index (χ0) is 21.8. The number of alkyl halides is 3. The number of rotatable bonds is 6. The molecular weight excluding hydrogens is 431 g/mol. The molecule has 0 bridgehead atoms. The van der Waals surface area contributed by atoms with E-state index in [2.05, 4.69) is 10.00 Å². The minimum atomic E-state index is -4.58. The third-order valence-electron chi connectivity index (χ3n) is 4.99. The van der Waals surface area contributed by atoms with Crippen LogP contribution in [0.5, 0.6) is 5.75 Å². The van der Waals surface area contributed by atoms with Crippen LogP contribution in [0.2, 0.25) is 5.02 Å². The Morgan fingerprint density at radius 2 is 1.81 bits per heavy atom. The molecule has 31 heavy (non-hydrogen) atoms. The lowest BCUT2D eigenvalue weighted by Gasteiger charge is -2.26. The van der Waals surface area contributed by atoms with Gasteiger partial charge in [-0.3, -0.25) is 4.90 Å². The van der Waals surface area contributed by atoms with E-state index in [0.717, 1.165) is 25.7 Å². The first-order valence-corrected chi connectivity index (χ1v) is 10.2. The zero-order valence-electron chi connectivity index (χ0n) is 16.6. The number of hydrogen-bond donors (Lipinski definition) is 0. The molecule has 0 saturated carbocycles. The smallest absolute Gasteiger partial charge is 0.435 e. The summed E-state index contributed by atoms with van der Waals surface area (Å²) < 4.78 is 52.6. The van der Waals surface area contributed by atoms with Crippen LogP contribution in [0, 0.1) is 0 Å². The van der Waals surface area contributed by atoms with Gasteiger partial charge >= 0.3 is 6.18 Å². The monoisotopic (exact) mass is 451 g/mol. The molecule has 0 aliphatic carbocycles. The predicted molar refractivity (Wildman–Crippen MR) is 112 cm³/mol. The first-order valence-electron chi connectivity index (χ1n) is 9.87. The molecule has 0 amide bonds. The van der Waals surface area contributed by atoms with Crippen molar-refractivity contribution in [3.8, 4) is 22.7 Å². The number of nitrogens with zero attached hydrogens (tertiary/aromatic N) is 3. The summed E-state index contributed by atoms with van der Waals surface area (Å²) in [7, 11) is 0. The normalized spacial score (nSPS) is 15.2. The van der Waals surface area contributed by atoms with Crippen molar-refractivity contribution in [1.29, 1.82) is 0 Å². The number of hydrogen-bond acceptors (Lipinski definition) is 4. The van der Waals surface area contributed by atoms with E-state index in [1.54, 1.807) is 48.5 Å². The molecule has 1 saturated heterocycles. The van der Waals surface area contributed by atoms with Crippen LogP contribution in [0.1, 0.15) is 5.69 Å². The molecule has 0 spiro atoms. The number of benzene rings is 2. The highest BCUT2D eigenvalue weighted by Crippen LogP contribution is 2.35. The first-order chi connectivity index (χ1) is 14.9. The van der Waals surface area contributed by atoms with Crippen molar-refractivity contribution < 1.29 is 22.6 Å². The second kappa shape index (κ2) is 9.30. The summed E-state index contributed by atoms with van der Waals surface area (Å²) in [5, 5.41) is 4.09. The minimum absolute atomic E-state index is 0.277. The van der Waals surface area contributed by atoms with Gasteiger partial charge in [-0.05, 0) is 30.3 Å². The van der Waals surface area contributed by atoms with Crippen LogP contribution in [-0.2, 0) is 10.9 Å². The molecule has 2 aromatic carbocycles. The van der Waals surface area contributed by atoms with Crippen molar-refractivity contribution in [2.45, 2.75) is 6.18 Å². The molecule has 164 valence electrons. The fraction of sp³-hybridized carbons (Fsp3) is 0.318. The lowest BCUT2D eigenvalue weighted by molar-refractivity contribution is -0.141. The fourth-order valence-electron chi connectivity index (χ4n) is 3.39. The van der Waals surface area contributed by atoms with Gasteiger partial charge in [0.2, 0.25) is 0 Å². The standard InChI is InChI=1S/C22H21ClF3N3O2/c23-18-6-1-2-7-19(18)29-20(15-21(27-29)22(24,25)26)16-4-3-5-17(14-16)31-13-10-28-8-11-30-12-9-28/h1-7,14-15H,8-13H2. The highest BCUT2D eigenvalue weighted by atomic mass is 35.5. The lowest BCUT2D eigenvalue weighted by atomic mass is 10.1. The van der Waals surface area contributed by atoms with Gasteiger partial charge in [0.1, 0.15) is 12.4 Å². The molecule has 2 heterocycles. The van der Waals surface area contributed by atoms with Gasteiger partial charge in [-0.1, -0.05) is 35.9 Å². The summed E-state index contributed by atoms with van der Waals surface area (Å²) >= 11 is 6.24. The molecule has 1 aliphatic rings. The first kappa shape index (κ1) is 21.7. The van der Waals surface area contributed by atoms with E-state index in [9.17, 15) is 13.2 Å². The quantitative estimate of drug-likeness (QED) is 0.533. The van der Waals surface area contributed by atoms with Crippen molar-refractivity contribution >= 4 is 11.6 Å². The minimum Gasteiger partial charge on any atom is -0.492 e.